The smallest absolute Gasteiger partial charge is 0.254 e. The van der Waals surface area contributed by atoms with Gasteiger partial charge in [0.2, 0.25) is 0 Å². The normalized spacial score (nSPS) is 17.0. The van der Waals surface area contributed by atoms with Gasteiger partial charge < -0.3 is 10.0 Å². The zero-order chi connectivity index (χ0) is 19.4. The molecule has 0 spiro atoms. The van der Waals surface area contributed by atoms with E-state index in [4.69, 9.17) is 0 Å². The minimum Gasteiger partial charge on any atom is -0.396 e. The lowest BCUT2D eigenvalue weighted by Crippen LogP contribution is -2.44. The van der Waals surface area contributed by atoms with Crippen LogP contribution in [0.4, 0.5) is 4.39 Å². The van der Waals surface area contributed by atoms with Crippen molar-refractivity contribution in [1.82, 2.24) is 4.90 Å². The molecule has 142 valence electrons. The maximum absolute atomic E-state index is 14.2. The van der Waals surface area contributed by atoms with E-state index in [0.717, 1.165) is 19.3 Å². The second kappa shape index (κ2) is 8.44. The van der Waals surface area contributed by atoms with Crippen molar-refractivity contribution in [3.63, 3.8) is 0 Å². The SMILES string of the molecule is CC(=O)c1ccc(F)c(-c2ccc(C(=O)N3CCCCC3CCO)cc2)c1. The first-order valence-electron chi connectivity index (χ1n) is 9.34. The van der Waals surface area contributed by atoms with Crippen LogP contribution in [0.2, 0.25) is 0 Å². The molecule has 1 aliphatic rings. The first-order chi connectivity index (χ1) is 13.0. The molecule has 1 amide bonds. The molecule has 0 bridgehead atoms. The van der Waals surface area contributed by atoms with Crippen LogP contribution in [-0.2, 0) is 0 Å². The molecule has 4 nitrogen and oxygen atoms in total. The number of halogens is 1. The van der Waals surface area contributed by atoms with E-state index < -0.39 is 5.82 Å². The van der Waals surface area contributed by atoms with Gasteiger partial charge in [0.05, 0.1) is 0 Å². The third-order valence-electron chi connectivity index (χ3n) is 5.17. The van der Waals surface area contributed by atoms with Crippen LogP contribution < -0.4 is 0 Å². The number of piperidine rings is 1. The topological polar surface area (TPSA) is 57.6 Å². The van der Waals surface area contributed by atoms with Crippen molar-refractivity contribution in [1.29, 1.82) is 0 Å². The van der Waals surface area contributed by atoms with Crippen molar-refractivity contribution in [3.05, 3.63) is 59.4 Å². The summed E-state index contributed by atoms with van der Waals surface area (Å²) in [6, 6.07) is 11.2. The van der Waals surface area contributed by atoms with Gasteiger partial charge in [0.25, 0.3) is 5.91 Å². The molecule has 1 fully saturated rings. The predicted molar refractivity (Wildman–Crippen MR) is 102 cm³/mol. The van der Waals surface area contributed by atoms with Gasteiger partial charge in [-0.2, -0.15) is 0 Å². The van der Waals surface area contributed by atoms with E-state index in [-0.39, 0.29) is 24.3 Å². The molecule has 5 heteroatoms. The first-order valence-corrected chi connectivity index (χ1v) is 9.34. The Balaban J connectivity index is 1.84. The maximum atomic E-state index is 14.2. The van der Waals surface area contributed by atoms with Gasteiger partial charge in [-0.25, -0.2) is 4.39 Å². The number of hydrogen-bond donors (Lipinski definition) is 1. The highest BCUT2D eigenvalue weighted by Gasteiger charge is 2.27. The number of ketones is 1. The van der Waals surface area contributed by atoms with Crippen molar-refractivity contribution in [3.8, 4) is 11.1 Å². The number of aliphatic hydroxyl groups is 1. The van der Waals surface area contributed by atoms with Gasteiger partial charge in [0, 0.05) is 35.9 Å². The summed E-state index contributed by atoms with van der Waals surface area (Å²) in [6.45, 7) is 2.21. The van der Waals surface area contributed by atoms with Gasteiger partial charge in [-0.1, -0.05) is 12.1 Å². The number of Topliss-reactive ketones (excluding diaryl/α,β-unsaturated/α-hetero) is 1. The van der Waals surface area contributed by atoms with E-state index in [1.54, 1.807) is 24.3 Å². The Morgan fingerprint density at radius 3 is 2.48 bits per heavy atom. The molecule has 2 aromatic rings. The van der Waals surface area contributed by atoms with Crippen molar-refractivity contribution in [2.45, 2.75) is 38.6 Å². The molecule has 1 saturated heterocycles. The number of likely N-dealkylation sites (tertiary alicyclic amines) is 1. The highest BCUT2D eigenvalue weighted by molar-refractivity contribution is 5.96. The van der Waals surface area contributed by atoms with Gasteiger partial charge in [-0.3, -0.25) is 9.59 Å². The molecule has 1 aliphatic heterocycles. The van der Waals surface area contributed by atoms with Crippen molar-refractivity contribution >= 4 is 11.7 Å². The Hall–Kier alpha value is -2.53. The molecule has 2 aromatic carbocycles. The fraction of sp³-hybridized carbons (Fsp3) is 0.364. The summed E-state index contributed by atoms with van der Waals surface area (Å²) >= 11 is 0. The van der Waals surface area contributed by atoms with Crippen LogP contribution in [0.5, 0.6) is 0 Å². The Morgan fingerprint density at radius 1 is 1.11 bits per heavy atom. The van der Waals surface area contributed by atoms with Crippen LogP contribution in [0.25, 0.3) is 11.1 Å². The van der Waals surface area contributed by atoms with E-state index in [2.05, 4.69) is 0 Å². The molecule has 1 N–H and O–H groups in total. The highest BCUT2D eigenvalue weighted by atomic mass is 19.1. The van der Waals surface area contributed by atoms with Gasteiger partial charge in [-0.05, 0) is 68.5 Å². The lowest BCUT2D eigenvalue weighted by atomic mass is 9.97. The fourth-order valence-electron chi connectivity index (χ4n) is 3.64. The van der Waals surface area contributed by atoms with Gasteiger partial charge in [0.15, 0.2) is 5.78 Å². The summed E-state index contributed by atoms with van der Waals surface area (Å²) in [7, 11) is 0. The number of rotatable bonds is 5. The molecule has 27 heavy (non-hydrogen) atoms. The van der Waals surface area contributed by atoms with Crippen LogP contribution >= 0.6 is 0 Å². The average Bonchev–Trinajstić information content (AvgIpc) is 2.68. The van der Waals surface area contributed by atoms with Gasteiger partial charge in [0.1, 0.15) is 5.82 Å². The summed E-state index contributed by atoms with van der Waals surface area (Å²) in [4.78, 5) is 26.3. The van der Waals surface area contributed by atoms with Crippen LogP contribution in [0.3, 0.4) is 0 Å². The molecule has 0 saturated carbocycles. The summed E-state index contributed by atoms with van der Waals surface area (Å²) in [6.07, 6.45) is 3.54. The Bertz CT molecular complexity index is 830. The summed E-state index contributed by atoms with van der Waals surface area (Å²) < 4.78 is 14.2. The first kappa shape index (κ1) is 19.2. The minimum absolute atomic E-state index is 0.0577. The third kappa shape index (κ3) is 4.25. The Kier molecular flexibility index (Phi) is 6.01. The number of carbonyl (C=O) groups excluding carboxylic acids is 2. The molecular formula is C22H24FNO3. The van der Waals surface area contributed by atoms with Crippen molar-refractivity contribution in [2.75, 3.05) is 13.2 Å². The molecule has 1 unspecified atom stereocenters. The van der Waals surface area contributed by atoms with Crippen LogP contribution in [0.15, 0.2) is 42.5 Å². The van der Waals surface area contributed by atoms with E-state index in [9.17, 15) is 19.1 Å². The fourth-order valence-corrected chi connectivity index (χ4v) is 3.64. The number of aliphatic hydroxyl groups excluding tert-OH is 1. The molecule has 1 atom stereocenters. The molecule has 3 rings (SSSR count). The number of carbonyl (C=O) groups is 2. The van der Waals surface area contributed by atoms with Gasteiger partial charge >= 0.3 is 0 Å². The molecule has 0 radical (unpaired) electrons. The number of nitrogens with zero attached hydrogens (tertiary/aromatic N) is 1. The average molecular weight is 369 g/mol. The van der Waals surface area contributed by atoms with E-state index in [1.165, 1.54) is 25.1 Å². The summed E-state index contributed by atoms with van der Waals surface area (Å²) in [5.41, 5.74) is 1.97. The lowest BCUT2D eigenvalue weighted by molar-refractivity contribution is 0.0574. The molecule has 0 aliphatic carbocycles. The van der Waals surface area contributed by atoms with Crippen molar-refractivity contribution in [2.24, 2.45) is 0 Å². The zero-order valence-electron chi connectivity index (χ0n) is 15.5. The number of hydrogen-bond acceptors (Lipinski definition) is 3. The maximum Gasteiger partial charge on any atom is 0.254 e. The van der Waals surface area contributed by atoms with Crippen LogP contribution in [0.1, 0.15) is 53.3 Å². The Labute approximate surface area is 158 Å². The molecule has 0 aromatic heterocycles. The van der Waals surface area contributed by atoms with E-state index in [1.807, 2.05) is 4.90 Å². The lowest BCUT2D eigenvalue weighted by Gasteiger charge is -2.35. The summed E-state index contributed by atoms with van der Waals surface area (Å²) in [5, 5.41) is 9.24. The standard InChI is InChI=1S/C22H24FNO3/c1-15(26)18-9-10-21(23)20(14-18)16-5-7-17(8-6-16)22(27)24-12-3-2-4-19(24)11-13-25/h5-10,14,19,25H,2-4,11-13H2,1H3. The van der Waals surface area contributed by atoms with Crippen molar-refractivity contribution < 1.29 is 19.1 Å². The zero-order valence-corrected chi connectivity index (χ0v) is 15.5. The summed E-state index contributed by atoms with van der Waals surface area (Å²) in [5.74, 6) is -0.584. The largest absolute Gasteiger partial charge is 0.396 e. The van der Waals surface area contributed by atoms with Crippen LogP contribution in [0, 0.1) is 5.82 Å². The van der Waals surface area contributed by atoms with Gasteiger partial charge in [-0.15, -0.1) is 0 Å². The Morgan fingerprint density at radius 2 is 1.81 bits per heavy atom. The highest BCUT2D eigenvalue weighted by Crippen LogP contribution is 2.26. The number of benzene rings is 2. The molecular weight excluding hydrogens is 345 g/mol. The minimum atomic E-state index is -0.405. The quantitative estimate of drug-likeness (QED) is 0.808. The number of amides is 1. The van der Waals surface area contributed by atoms with E-state index >= 15 is 0 Å². The predicted octanol–water partition coefficient (Wildman–Crippen LogP) is 4.07. The second-order valence-electron chi connectivity index (χ2n) is 6.99. The monoisotopic (exact) mass is 369 g/mol. The van der Waals surface area contributed by atoms with Crippen LogP contribution in [-0.4, -0.2) is 40.9 Å². The third-order valence-corrected chi connectivity index (χ3v) is 5.17. The molecule has 1 heterocycles. The van der Waals surface area contributed by atoms with E-state index in [0.29, 0.717) is 35.2 Å². The second-order valence-corrected chi connectivity index (χ2v) is 6.99.